The highest BCUT2D eigenvalue weighted by molar-refractivity contribution is 6.12. The zero-order valence-electron chi connectivity index (χ0n) is 12.5. The molecule has 0 saturated heterocycles. The van der Waals surface area contributed by atoms with E-state index in [4.69, 9.17) is 0 Å². The number of non-ortho nitro benzene ring substituents is 1. The molecule has 0 aromatic heterocycles. The fourth-order valence-electron chi connectivity index (χ4n) is 2.49. The summed E-state index contributed by atoms with van der Waals surface area (Å²) < 4.78 is 0. The molecule has 4 heteroatoms. The lowest BCUT2D eigenvalue weighted by atomic mass is 9.80. The third-order valence-electron chi connectivity index (χ3n) is 3.79. The van der Waals surface area contributed by atoms with E-state index < -0.39 is 4.92 Å². The van der Waals surface area contributed by atoms with Crippen molar-refractivity contribution in [3.63, 3.8) is 0 Å². The van der Waals surface area contributed by atoms with Crippen LogP contribution in [0, 0.1) is 22.0 Å². The molecule has 0 N–H and O–H groups in total. The Hall–Kier alpha value is -2.23. The molecule has 1 aromatic rings. The Labute approximate surface area is 124 Å². The van der Waals surface area contributed by atoms with E-state index in [9.17, 15) is 14.9 Å². The Balaban J connectivity index is 2.33. The van der Waals surface area contributed by atoms with E-state index in [0.717, 1.165) is 23.1 Å². The van der Waals surface area contributed by atoms with E-state index in [-0.39, 0.29) is 23.3 Å². The average Bonchev–Trinajstić information content (AvgIpc) is 2.43. The van der Waals surface area contributed by atoms with E-state index >= 15 is 0 Å². The largest absolute Gasteiger partial charge is 0.289 e. The number of allylic oxidation sites excluding steroid dienone is 3. The lowest BCUT2D eigenvalue weighted by Crippen LogP contribution is -2.20. The molecule has 2 rings (SSSR count). The van der Waals surface area contributed by atoms with E-state index in [2.05, 4.69) is 0 Å². The van der Waals surface area contributed by atoms with Crippen LogP contribution in [-0.2, 0) is 4.79 Å². The zero-order valence-corrected chi connectivity index (χ0v) is 12.5. The number of nitrogens with zero attached hydrogens (tertiary/aromatic N) is 1. The number of nitro groups is 1. The van der Waals surface area contributed by atoms with Crippen LogP contribution in [0.1, 0.15) is 32.8 Å². The Morgan fingerprint density at radius 1 is 1.29 bits per heavy atom. The van der Waals surface area contributed by atoms with Gasteiger partial charge in [0.05, 0.1) is 4.92 Å². The highest BCUT2D eigenvalue weighted by Gasteiger charge is 2.26. The molecule has 110 valence electrons. The molecule has 1 aliphatic carbocycles. The highest BCUT2D eigenvalue weighted by atomic mass is 16.6. The van der Waals surface area contributed by atoms with Crippen molar-refractivity contribution >= 4 is 17.5 Å². The molecule has 0 radical (unpaired) electrons. The minimum atomic E-state index is -0.426. The van der Waals surface area contributed by atoms with Gasteiger partial charge in [-0.25, -0.2) is 0 Å². The van der Waals surface area contributed by atoms with Crippen LogP contribution in [0.15, 0.2) is 41.5 Å². The first-order chi connectivity index (χ1) is 9.90. The standard InChI is InChI=1S/C17H19NO3/c1-11(2)15-9-4-12(3)16(17(15)19)10-13-5-7-14(8-6-13)18(20)21/h5-12H,4H2,1-3H3/t12-/m0/s1. The first kappa shape index (κ1) is 15.2. The van der Waals surface area contributed by atoms with Gasteiger partial charge >= 0.3 is 0 Å². The minimum Gasteiger partial charge on any atom is -0.289 e. The second kappa shape index (κ2) is 6.04. The van der Waals surface area contributed by atoms with Crippen molar-refractivity contribution in [3.8, 4) is 0 Å². The molecule has 0 fully saturated rings. The van der Waals surface area contributed by atoms with Crippen molar-refractivity contribution in [1.82, 2.24) is 0 Å². The number of hydrogen-bond acceptors (Lipinski definition) is 3. The van der Waals surface area contributed by atoms with Gasteiger partial charge in [-0.3, -0.25) is 14.9 Å². The molecule has 0 saturated carbocycles. The van der Waals surface area contributed by atoms with Gasteiger partial charge in [-0.15, -0.1) is 0 Å². The van der Waals surface area contributed by atoms with Gasteiger partial charge in [0.1, 0.15) is 0 Å². The summed E-state index contributed by atoms with van der Waals surface area (Å²) in [6, 6.07) is 6.28. The summed E-state index contributed by atoms with van der Waals surface area (Å²) in [6.07, 6.45) is 4.75. The summed E-state index contributed by atoms with van der Waals surface area (Å²) in [5, 5.41) is 10.7. The van der Waals surface area contributed by atoms with E-state index in [1.165, 1.54) is 12.1 Å². The van der Waals surface area contributed by atoms with Crippen molar-refractivity contribution in [2.75, 3.05) is 0 Å². The Morgan fingerprint density at radius 3 is 2.43 bits per heavy atom. The summed E-state index contributed by atoms with van der Waals surface area (Å²) in [5.74, 6) is 0.488. The molecule has 1 aliphatic rings. The van der Waals surface area contributed by atoms with Crippen molar-refractivity contribution in [2.45, 2.75) is 27.2 Å². The molecule has 0 aliphatic heterocycles. The van der Waals surface area contributed by atoms with Gasteiger partial charge in [0.2, 0.25) is 0 Å². The molecule has 0 spiro atoms. The second-order valence-electron chi connectivity index (χ2n) is 5.73. The topological polar surface area (TPSA) is 60.2 Å². The quantitative estimate of drug-likeness (QED) is 0.475. The highest BCUT2D eigenvalue weighted by Crippen LogP contribution is 2.31. The molecule has 4 nitrogen and oxygen atoms in total. The van der Waals surface area contributed by atoms with E-state index in [0.29, 0.717) is 0 Å². The van der Waals surface area contributed by atoms with Crippen molar-refractivity contribution < 1.29 is 9.72 Å². The molecule has 0 bridgehead atoms. The van der Waals surface area contributed by atoms with E-state index in [1.807, 2.05) is 32.9 Å². The monoisotopic (exact) mass is 285 g/mol. The summed E-state index contributed by atoms with van der Waals surface area (Å²) in [4.78, 5) is 22.7. The number of carbonyl (C=O) groups excluding carboxylic acids is 1. The normalized spacial score (nSPS) is 20.8. The van der Waals surface area contributed by atoms with Crippen LogP contribution in [0.25, 0.3) is 6.08 Å². The summed E-state index contributed by atoms with van der Waals surface area (Å²) in [7, 11) is 0. The number of nitro benzene ring substituents is 1. The van der Waals surface area contributed by atoms with Crippen molar-refractivity contribution in [1.29, 1.82) is 0 Å². The number of rotatable bonds is 3. The maximum absolute atomic E-state index is 12.5. The van der Waals surface area contributed by atoms with Gasteiger partial charge in [-0.1, -0.05) is 26.8 Å². The number of hydrogen-bond donors (Lipinski definition) is 0. The van der Waals surface area contributed by atoms with Crippen LogP contribution in [0.3, 0.4) is 0 Å². The Morgan fingerprint density at radius 2 is 1.90 bits per heavy atom. The number of carbonyl (C=O) groups is 1. The lowest BCUT2D eigenvalue weighted by molar-refractivity contribution is -0.384. The summed E-state index contributed by atoms with van der Waals surface area (Å²) >= 11 is 0. The zero-order chi connectivity index (χ0) is 15.6. The van der Waals surface area contributed by atoms with Gasteiger partial charge in [-0.2, -0.15) is 0 Å². The second-order valence-corrected chi connectivity index (χ2v) is 5.73. The number of benzene rings is 1. The number of Topliss-reactive ketones (excluding diaryl/α,β-unsaturated/α-hetero) is 1. The molecule has 1 aromatic carbocycles. The van der Waals surface area contributed by atoms with Crippen molar-refractivity contribution in [2.24, 2.45) is 11.8 Å². The molecule has 0 amide bonds. The Bertz CT molecular complexity index is 624. The van der Waals surface area contributed by atoms with Gasteiger partial charge in [0.15, 0.2) is 5.78 Å². The maximum Gasteiger partial charge on any atom is 0.269 e. The van der Waals surface area contributed by atoms with Crippen LogP contribution in [0.2, 0.25) is 0 Å². The van der Waals surface area contributed by atoms with E-state index in [1.54, 1.807) is 12.1 Å². The Kier molecular flexibility index (Phi) is 4.36. The van der Waals surface area contributed by atoms with Crippen LogP contribution >= 0.6 is 0 Å². The van der Waals surface area contributed by atoms with Gasteiger partial charge in [0, 0.05) is 17.7 Å². The SMILES string of the molecule is CC(C)C1=CC[C@H](C)C(=Cc2ccc([N+](=O)[O-])cc2)C1=O. The maximum atomic E-state index is 12.5. The molecule has 0 unspecified atom stereocenters. The van der Waals surface area contributed by atoms with Crippen LogP contribution < -0.4 is 0 Å². The van der Waals surface area contributed by atoms with Crippen molar-refractivity contribution in [3.05, 3.63) is 57.2 Å². The predicted molar refractivity (Wildman–Crippen MR) is 82.8 cm³/mol. The minimum absolute atomic E-state index is 0.0583. The summed E-state index contributed by atoms with van der Waals surface area (Å²) in [6.45, 7) is 6.06. The third kappa shape index (κ3) is 3.27. The first-order valence-electron chi connectivity index (χ1n) is 7.11. The van der Waals surface area contributed by atoms with Crippen LogP contribution in [0.4, 0.5) is 5.69 Å². The van der Waals surface area contributed by atoms with Gasteiger partial charge < -0.3 is 0 Å². The fraction of sp³-hybridized carbons (Fsp3) is 0.353. The average molecular weight is 285 g/mol. The van der Waals surface area contributed by atoms with Gasteiger partial charge in [0.25, 0.3) is 5.69 Å². The number of ketones is 1. The van der Waals surface area contributed by atoms with Gasteiger partial charge in [-0.05, 0) is 47.6 Å². The summed E-state index contributed by atoms with van der Waals surface area (Å²) in [5.41, 5.74) is 2.53. The van der Waals surface area contributed by atoms with Crippen LogP contribution in [0.5, 0.6) is 0 Å². The smallest absolute Gasteiger partial charge is 0.269 e. The third-order valence-corrected chi connectivity index (χ3v) is 3.79. The molecule has 0 heterocycles. The molecular weight excluding hydrogens is 266 g/mol. The first-order valence-corrected chi connectivity index (χ1v) is 7.11. The molecular formula is C17H19NO3. The molecule has 21 heavy (non-hydrogen) atoms. The predicted octanol–water partition coefficient (Wildman–Crippen LogP) is 4.17. The molecule has 1 atom stereocenters. The van der Waals surface area contributed by atoms with Crippen LogP contribution in [-0.4, -0.2) is 10.7 Å². The lowest BCUT2D eigenvalue weighted by Gasteiger charge is -2.23. The fourth-order valence-corrected chi connectivity index (χ4v) is 2.49.